The van der Waals surface area contributed by atoms with E-state index in [1.54, 1.807) is 0 Å². The van der Waals surface area contributed by atoms with E-state index in [0.29, 0.717) is 5.04 Å². The van der Waals surface area contributed by atoms with Crippen LogP contribution in [0, 0.1) is 11.1 Å². The Morgan fingerprint density at radius 3 is 1.38 bits per heavy atom. The van der Waals surface area contributed by atoms with Gasteiger partial charge in [-0.25, -0.2) is 0 Å². The first-order chi connectivity index (χ1) is 5.27. The van der Waals surface area contributed by atoms with Crippen LogP contribution in [0.2, 0.25) is 17.1 Å². The third-order valence-electron chi connectivity index (χ3n) is 2.05. The van der Waals surface area contributed by atoms with Crippen LogP contribution in [0.25, 0.3) is 0 Å². The Morgan fingerprint density at radius 1 is 1.15 bits per heavy atom. The molecule has 0 aromatic rings. The van der Waals surface area contributed by atoms with Crippen LogP contribution in [0.1, 0.15) is 34.6 Å². The molecule has 5 heteroatoms. The molecule has 0 saturated carbocycles. The molecule has 0 aliphatic carbocycles. The Balaban J connectivity index is -0.000000220. The zero-order valence-electron chi connectivity index (χ0n) is 10.0. The van der Waals surface area contributed by atoms with E-state index in [0.717, 1.165) is 5.54 Å². The summed E-state index contributed by atoms with van der Waals surface area (Å²) in [7, 11) is -0.122. The van der Waals surface area contributed by atoms with Gasteiger partial charge in [0.15, 0.2) is 0 Å². The second-order valence-electron chi connectivity index (χ2n) is 4.20. The molecule has 72 valence electrons. The molecule has 0 amide bonds. The zero-order chi connectivity index (χ0) is 10.4. The molecule has 0 aliphatic rings. The van der Waals surface area contributed by atoms with Gasteiger partial charge in [0.25, 0.3) is 0 Å². The fourth-order valence-corrected chi connectivity index (χ4v) is 2.60. The molecule has 0 saturated heterocycles. The van der Waals surface area contributed by atoms with Crippen LogP contribution in [0.3, 0.4) is 0 Å². The van der Waals surface area contributed by atoms with Gasteiger partial charge in [-0.15, -0.1) is 0 Å². The Hall–Kier alpha value is 0.124. The van der Waals surface area contributed by atoms with Crippen molar-refractivity contribution >= 4 is 8.80 Å². The Bertz CT molecular complexity index is 148. The van der Waals surface area contributed by atoms with Crippen LogP contribution in [0.15, 0.2) is 0 Å². The van der Waals surface area contributed by atoms with Gasteiger partial charge in [-0.05, 0) is 0 Å². The zero-order valence-corrected chi connectivity index (χ0v) is 11.0. The Morgan fingerprint density at radius 2 is 1.38 bits per heavy atom. The van der Waals surface area contributed by atoms with E-state index in [9.17, 15) is 0 Å². The molecule has 0 heterocycles. The van der Waals surface area contributed by atoms with Gasteiger partial charge >= 0.3 is 18.9 Å². The average Bonchev–Trinajstić information content (AvgIpc) is 1.85. The smallest absolute Gasteiger partial charge is 0.253 e. The van der Waals surface area contributed by atoms with E-state index < -0.39 is 0 Å². The van der Waals surface area contributed by atoms with Crippen molar-refractivity contribution in [3.8, 4) is 0 Å². The number of hydrogen-bond donors (Lipinski definition) is 2. The van der Waals surface area contributed by atoms with Crippen LogP contribution in [0.4, 0.5) is 0 Å². The van der Waals surface area contributed by atoms with Gasteiger partial charge in [0, 0.05) is 0 Å². The molecule has 0 fully saturated rings. The van der Waals surface area contributed by atoms with Crippen LogP contribution in [-0.4, -0.2) is 8.80 Å². The number of nitrogens with one attached hydrogen (secondary N) is 2. The standard InChI is InChI=1S/C8H19Si.Li.H2N3/c1-7(2)9(6)8(3,4)5;;1-3-2/h7H,1-6H3;;1-2H/q-1;2*+1. The van der Waals surface area contributed by atoms with Crippen LogP contribution < -0.4 is 23.8 Å². The summed E-state index contributed by atoms with van der Waals surface area (Å²) < 4.78 is 0. The van der Waals surface area contributed by atoms with Crippen LogP contribution in [-0.2, 0) is 0 Å². The normalized spacial score (nSPS) is 9.85. The summed E-state index contributed by atoms with van der Waals surface area (Å²) in [5, 5.41) is 0.582. The Labute approximate surface area is 95.5 Å². The molecule has 0 rings (SSSR count). The van der Waals surface area contributed by atoms with Gasteiger partial charge < -0.3 is 0 Å². The van der Waals surface area contributed by atoms with Gasteiger partial charge in [0.1, 0.15) is 11.1 Å². The van der Waals surface area contributed by atoms with Gasteiger partial charge in [-0.1, -0.05) is 34.6 Å². The quantitative estimate of drug-likeness (QED) is 0.346. The third kappa shape index (κ3) is 12.1. The molecule has 0 unspecified atom stereocenters. The molecule has 0 aliphatic heterocycles. The molecule has 0 radical (unpaired) electrons. The first kappa shape index (κ1) is 18.8. The summed E-state index contributed by atoms with van der Waals surface area (Å²) in [5.74, 6) is 0. The largest absolute Gasteiger partial charge is 1.00 e. The van der Waals surface area contributed by atoms with Gasteiger partial charge in [0.05, 0.1) is 0 Å². The van der Waals surface area contributed by atoms with Gasteiger partial charge in [0.2, 0.25) is 4.91 Å². The van der Waals surface area contributed by atoms with Crippen molar-refractivity contribution < 1.29 is 18.9 Å². The summed E-state index contributed by atoms with van der Waals surface area (Å²) in [6, 6.07) is 0. The van der Waals surface area contributed by atoms with Crippen molar-refractivity contribution in [2.45, 2.75) is 51.7 Å². The molecule has 0 aromatic carbocycles. The third-order valence-corrected chi connectivity index (χ3v) is 6.15. The first-order valence-electron chi connectivity index (χ1n) is 4.14. The summed E-state index contributed by atoms with van der Waals surface area (Å²) in [5.41, 5.74) is 11.9. The maximum absolute atomic E-state index is 5.50. The van der Waals surface area contributed by atoms with E-state index in [2.05, 4.69) is 41.2 Å². The summed E-state index contributed by atoms with van der Waals surface area (Å²) in [6.45, 7) is 14.1. The van der Waals surface area contributed by atoms with Crippen LogP contribution >= 0.6 is 0 Å². The molecule has 0 bridgehead atoms. The minimum atomic E-state index is -0.122. The number of nitrogens with zero attached hydrogens (tertiary/aromatic N) is 1. The monoisotopic (exact) mass is 194 g/mol. The summed E-state index contributed by atoms with van der Waals surface area (Å²) >= 11 is 0. The molecule has 2 N–H and O–H groups in total. The molecule has 0 atom stereocenters. The first-order valence-corrected chi connectivity index (χ1v) is 6.22. The van der Waals surface area contributed by atoms with E-state index in [-0.39, 0.29) is 27.7 Å². The minimum absolute atomic E-state index is 0. The maximum Gasteiger partial charge on any atom is 1.00 e. The van der Waals surface area contributed by atoms with Gasteiger partial charge in [-0.3, -0.25) is 8.80 Å². The Kier molecular flexibility index (Phi) is 12.6. The molecular formula is C8H21LiN3Si+. The topological polar surface area (TPSA) is 61.8 Å². The van der Waals surface area contributed by atoms with Crippen molar-refractivity contribution in [2.24, 2.45) is 0 Å². The minimum Gasteiger partial charge on any atom is -0.253 e. The second kappa shape index (κ2) is 8.71. The van der Waals surface area contributed by atoms with Crippen molar-refractivity contribution in [3.63, 3.8) is 0 Å². The summed E-state index contributed by atoms with van der Waals surface area (Å²) in [4.78, 5) is 2.00. The number of hydrogen-bond acceptors (Lipinski definition) is 2. The SMILES string of the molecule is CC(C)[Si-](C)C(C)(C)C.N=[N+]=N.[Li+]. The molecule has 0 spiro atoms. The van der Waals surface area contributed by atoms with Crippen LogP contribution in [0.5, 0.6) is 0 Å². The van der Waals surface area contributed by atoms with E-state index in [1.165, 1.54) is 0 Å². The predicted octanol–water partition coefficient (Wildman–Crippen LogP) is 0.441. The predicted molar refractivity (Wildman–Crippen MR) is 54.0 cm³/mol. The van der Waals surface area contributed by atoms with E-state index >= 15 is 0 Å². The average molecular weight is 194 g/mol. The van der Waals surface area contributed by atoms with Crippen molar-refractivity contribution in [1.29, 1.82) is 11.1 Å². The maximum atomic E-state index is 5.50. The van der Waals surface area contributed by atoms with Crippen molar-refractivity contribution in [1.82, 2.24) is 4.91 Å². The summed E-state index contributed by atoms with van der Waals surface area (Å²) in [6.07, 6.45) is 0. The van der Waals surface area contributed by atoms with Crippen molar-refractivity contribution in [3.05, 3.63) is 0 Å². The molecule has 0 aromatic heterocycles. The second-order valence-corrected chi connectivity index (χ2v) is 8.22. The van der Waals surface area contributed by atoms with Crippen molar-refractivity contribution in [2.75, 3.05) is 0 Å². The molecule has 13 heavy (non-hydrogen) atoms. The van der Waals surface area contributed by atoms with E-state index in [4.69, 9.17) is 11.1 Å². The fraction of sp³-hybridized carbons (Fsp3) is 1.00. The molecule has 3 nitrogen and oxygen atoms in total. The fourth-order valence-electron chi connectivity index (χ4n) is 0.866. The van der Waals surface area contributed by atoms with E-state index in [1.807, 2.05) is 4.91 Å². The molecular weight excluding hydrogens is 173 g/mol. The van der Waals surface area contributed by atoms with Gasteiger partial charge in [-0.2, -0.15) is 17.1 Å². The number of rotatable bonds is 1.